The molecular weight excluding hydrogens is 228 g/mol. The number of amides is 1. The van der Waals surface area contributed by atoms with E-state index in [1.807, 2.05) is 0 Å². The zero-order valence-corrected chi connectivity index (χ0v) is 10.8. The van der Waals surface area contributed by atoms with Crippen molar-refractivity contribution in [2.45, 2.75) is 57.5 Å². The number of aliphatic hydroxyl groups is 1. The second-order valence-electron chi connectivity index (χ2n) is 5.80. The number of nitriles is 1. The van der Waals surface area contributed by atoms with Gasteiger partial charge in [-0.1, -0.05) is 19.3 Å². The molecule has 4 heteroatoms. The monoisotopic (exact) mass is 250 g/mol. The van der Waals surface area contributed by atoms with E-state index in [-0.39, 0.29) is 12.0 Å². The molecule has 2 saturated carbocycles. The lowest BCUT2D eigenvalue weighted by Gasteiger charge is -2.27. The van der Waals surface area contributed by atoms with Crippen LogP contribution in [0.5, 0.6) is 0 Å². The molecule has 0 spiro atoms. The molecule has 18 heavy (non-hydrogen) atoms. The van der Waals surface area contributed by atoms with Gasteiger partial charge in [-0.25, -0.2) is 0 Å². The smallest absolute Gasteiger partial charge is 0.240 e. The fraction of sp³-hybridized carbons (Fsp3) is 0.857. The van der Waals surface area contributed by atoms with Gasteiger partial charge in [0.05, 0.1) is 12.2 Å². The van der Waals surface area contributed by atoms with Gasteiger partial charge < -0.3 is 10.4 Å². The first-order valence-electron chi connectivity index (χ1n) is 7.04. The summed E-state index contributed by atoms with van der Waals surface area (Å²) in [4.78, 5) is 12.1. The summed E-state index contributed by atoms with van der Waals surface area (Å²) in [5.41, 5.74) is -0.771. The molecule has 4 nitrogen and oxygen atoms in total. The zero-order chi connectivity index (χ0) is 13.0. The van der Waals surface area contributed by atoms with Crippen LogP contribution in [0.25, 0.3) is 0 Å². The van der Waals surface area contributed by atoms with Gasteiger partial charge in [0.2, 0.25) is 5.91 Å². The lowest BCUT2D eigenvalue weighted by Crippen LogP contribution is -2.41. The lowest BCUT2D eigenvalue weighted by atomic mass is 9.85. The Labute approximate surface area is 108 Å². The normalized spacial score (nSPS) is 30.7. The molecule has 0 aliphatic heterocycles. The second kappa shape index (κ2) is 5.71. The Morgan fingerprint density at radius 3 is 2.67 bits per heavy atom. The van der Waals surface area contributed by atoms with Crippen LogP contribution in [0.4, 0.5) is 0 Å². The molecule has 2 fully saturated rings. The van der Waals surface area contributed by atoms with E-state index in [1.165, 1.54) is 0 Å². The lowest BCUT2D eigenvalue weighted by molar-refractivity contribution is -0.128. The zero-order valence-electron chi connectivity index (χ0n) is 10.8. The minimum absolute atomic E-state index is 0.0948. The van der Waals surface area contributed by atoms with Gasteiger partial charge in [0.1, 0.15) is 5.41 Å². The van der Waals surface area contributed by atoms with Gasteiger partial charge in [0.25, 0.3) is 0 Å². The molecule has 0 aromatic heterocycles. The van der Waals surface area contributed by atoms with Crippen molar-refractivity contribution in [2.75, 3.05) is 6.54 Å². The first-order chi connectivity index (χ1) is 8.66. The molecule has 2 rings (SSSR count). The van der Waals surface area contributed by atoms with Crippen molar-refractivity contribution in [3.8, 4) is 6.07 Å². The van der Waals surface area contributed by atoms with E-state index >= 15 is 0 Å². The summed E-state index contributed by atoms with van der Waals surface area (Å²) in [7, 11) is 0. The molecule has 0 aromatic carbocycles. The molecule has 2 aliphatic carbocycles. The summed E-state index contributed by atoms with van der Waals surface area (Å²) in [6, 6.07) is 2.21. The number of aliphatic hydroxyl groups excluding tert-OH is 1. The van der Waals surface area contributed by atoms with Crippen molar-refractivity contribution in [2.24, 2.45) is 11.3 Å². The quantitative estimate of drug-likeness (QED) is 0.801. The maximum atomic E-state index is 12.1. The summed E-state index contributed by atoms with van der Waals surface area (Å²) in [5, 5.41) is 21.7. The highest BCUT2D eigenvalue weighted by molar-refractivity contribution is 5.85. The molecule has 0 aromatic rings. The highest BCUT2D eigenvalue weighted by atomic mass is 16.3. The first-order valence-corrected chi connectivity index (χ1v) is 7.04. The highest BCUT2D eigenvalue weighted by Crippen LogP contribution is 2.37. The van der Waals surface area contributed by atoms with E-state index in [2.05, 4.69) is 11.4 Å². The van der Waals surface area contributed by atoms with Crippen molar-refractivity contribution in [3.63, 3.8) is 0 Å². The van der Waals surface area contributed by atoms with Crippen LogP contribution in [0, 0.1) is 22.7 Å². The van der Waals surface area contributed by atoms with Crippen LogP contribution >= 0.6 is 0 Å². The third kappa shape index (κ3) is 2.84. The van der Waals surface area contributed by atoms with Crippen LogP contribution in [0.3, 0.4) is 0 Å². The Hall–Kier alpha value is -1.08. The number of hydrogen-bond donors (Lipinski definition) is 2. The number of nitrogens with zero attached hydrogens (tertiary/aromatic N) is 1. The average Bonchev–Trinajstić information content (AvgIpc) is 2.86. The molecule has 2 aliphatic rings. The largest absolute Gasteiger partial charge is 0.393 e. The molecule has 2 unspecified atom stereocenters. The van der Waals surface area contributed by atoms with Gasteiger partial charge in [-0.2, -0.15) is 5.26 Å². The molecule has 2 N–H and O–H groups in total. The molecule has 1 amide bonds. The van der Waals surface area contributed by atoms with Crippen LogP contribution in [-0.4, -0.2) is 23.7 Å². The van der Waals surface area contributed by atoms with Gasteiger partial charge in [-0.05, 0) is 38.0 Å². The Morgan fingerprint density at radius 2 is 2.06 bits per heavy atom. The van der Waals surface area contributed by atoms with Crippen molar-refractivity contribution in [3.05, 3.63) is 0 Å². The number of carbonyl (C=O) groups excluding carboxylic acids is 1. The maximum absolute atomic E-state index is 12.1. The number of hydrogen-bond acceptors (Lipinski definition) is 3. The van der Waals surface area contributed by atoms with E-state index in [9.17, 15) is 15.2 Å². The standard InChI is InChI=1S/C14H22N2O2/c15-10-14(6-1-2-7-14)13(18)16-9-11-4-3-5-12(17)8-11/h11-12,17H,1-9H2,(H,16,18). The summed E-state index contributed by atoms with van der Waals surface area (Å²) >= 11 is 0. The summed E-state index contributed by atoms with van der Waals surface area (Å²) < 4.78 is 0. The average molecular weight is 250 g/mol. The van der Waals surface area contributed by atoms with Gasteiger partial charge in [0.15, 0.2) is 0 Å². The van der Waals surface area contributed by atoms with Gasteiger partial charge in [0, 0.05) is 6.54 Å². The summed E-state index contributed by atoms with van der Waals surface area (Å²) in [5.74, 6) is 0.275. The number of carbonyl (C=O) groups is 1. The van der Waals surface area contributed by atoms with Crippen LogP contribution in [0.2, 0.25) is 0 Å². The van der Waals surface area contributed by atoms with E-state index in [4.69, 9.17) is 0 Å². The van der Waals surface area contributed by atoms with E-state index in [1.54, 1.807) is 0 Å². The van der Waals surface area contributed by atoms with Crippen molar-refractivity contribution < 1.29 is 9.90 Å². The SMILES string of the molecule is N#CC1(C(=O)NCC2CCCC(O)C2)CCCC1. The highest BCUT2D eigenvalue weighted by Gasteiger charge is 2.41. The summed E-state index contributed by atoms with van der Waals surface area (Å²) in [6.07, 6.45) is 6.89. The predicted molar refractivity (Wildman–Crippen MR) is 67.5 cm³/mol. The third-order valence-corrected chi connectivity index (χ3v) is 4.41. The Kier molecular flexibility index (Phi) is 4.23. The van der Waals surface area contributed by atoms with Gasteiger partial charge in [-0.3, -0.25) is 4.79 Å². The second-order valence-corrected chi connectivity index (χ2v) is 5.80. The number of nitrogens with one attached hydrogen (secondary N) is 1. The molecular formula is C14H22N2O2. The van der Waals surface area contributed by atoms with Crippen molar-refractivity contribution >= 4 is 5.91 Å². The molecule has 0 radical (unpaired) electrons. The Balaban J connectivity index is 1.82. The molecule has 0 bridgehead atoms. The minimum atomic E-state index is -0.771. The first kappa shape index (κ1) is 13.4. The van der Waals surface area contributed by atoms with Crippen molar-refractivity contribution in [1.29, 1.82) is 5.26 Å². The number of rotatable bonds is 3. The molecule has 100 valence electrons. The van der Waals surface area contributed by atoms with Crippen LogP contribution < -0.4 is 5.32 Å². The predicted octanol–water partition coefficient (Wildman–Crippen LogP) is 1.74. The Morgan fingerprint density at radius 1 is 1.33 bits per heavy atom. The fourth-order valence-electron chi connectivity index (χ4n) is 3.22. The fourth-order valence-corrected chi connectivity index (χ4v) is 3.22. The van der Waals surface area contributed by atoms with E-state index < -0.39 is 5.41 Å². The van der Waals surface area contributed by atoms with Gasteiger partial charge in [-0.15, -0.1) is 0 Å². The third-order valence-electron chi connectivity index (χ3n) is 4.41. The topological polar surface area (TPSA) is 73.1 Å². The molecule has 2 atom stereocenters. The van der Waals surface area contributed by atoms with Crippen LogP contribution in [-0.2, 0) is 4.79 Å². The molecule has 0 saturated heterocycles. The van der Waals surface area contributed by atoms with Gasteiger partial charge >= 0.3 is 0 Å². The van der Waals surface area contributed by atoms with Crippen LogP contribution in [0.1, 0.15) is 51.4 Å². The van der Waals surface area contributed by atoms with Crippen LogP contribution in [0.15, 0.2) is 0 Å². The Bertz CT molecular complexity index is 342. The maximum Gasteiger partial charge on any atom is 0.240 e. The minimum Gasteiger partial charge on any atom is -0.393 e. The van der Waals surface area contributed by atoms with Crippen molar-refractivity contribution in [1.82, 2.24) is 5.32 Å². The molecule has 0 heterocycles. The van der Waals surface area contributed by atoms with E-state index in [0.717, 1.165) is 38.5 Å². The summed E-state index contributed by atoms with van der Waals surface area (Å²) in [6.45, 7) is 0.610. The van der Waals surface area contributed by atoms with E-state index in [0.29, 0.717) is 25.3 Å².